The predicted octanol–water partition coefficient (Wildman–Crippen LogP) is 5.10. The van der Waals surface area contributed by atoms with Crippen molar-refractivity contribution in [2.24, 2.45) is 17.8 Å². The molecular weight excluding hydrogens is 265 g/mol. The van der Waals surface area contributed by atoms with E-state index in [-0.39, 0.29) is 5.82 Å². The molecule has 0 aromatic heterocycles. The van der Waals surface area contributed by atoms with Gasteiger partial charge in [-0.15, -0.1) is 0 Å². The lowest BCUT2D eigenvalue weighted by atomic mass is 9.74. The Bertz CT molecular complexity index is 461. The SMILES string of the molecule is CCOc1cc(F)ccc1NC1CC(C)CCC1C(C)C. The minimum absolute atomic E-state index is 0.249. The number of nitrogens with one attached hydrogen (secondary N) is 1. The van der Waals surface area contributed by atoms with Crippen LogP contribution in [0.4, 0.5) is 10.1 Å². The van der Waals surface area contributed by atoms with Gasteiger partial charge in [-0.1, -0.05) is 27.2 Å². The quantitative estimate of drug-likeness (QED) is 0.815. The van der Waals surface area contributed by atoms with Crippen LogP contribution in [0.5, 0.6) is 5.75 Å². The molecule has 3 heteroatoms. The van der Waals surface area contributed by atoms with Crippen molar-refractivity contribution in [3.63, 3.8) is 0 Å². The zero-order valence-electron chi connectivity index (χ0n) is 13.7. The number of rotatable bonds is 5. The lowest BCUT2D eigenvalue weighted by Crippen LogP contribution is -2.37. The third-order valence-corrected chi connectivity index (χ3v) is 4.61. The van der Waals surface area contributed by atoms with Crippen molar-refractivity contribution in [2.45, 2.75) is 53.0 Å². The Hall–Kier alpha value is -1.25. The first-order chi connectivity index (χ1) is 10.0. The summed E-state index contributed by atoms with van der Waals surface area (Å²) in [6, 6.07) is 5.22. The maximum Gasteiger partial charge on any atom is 0.145 e. The lowest BCUT2D eigenvalue weighted by Gasteiger charge is -2.38. The van der Waals surface area contributed by atoms with Gasteiger partial charge in [-0.25, -0.2) is 4.39 Å². The number of ether oxygens (including phenoxy) is 1. The second kappa shape index (κ2) is 7.15. The Morgan fingerprint density at radius 2 is 2.10 bits per heavy atom. The predicted molar refractivity (Wildman–Crippen MR) is 86.3 cm³/mol. The van der Waals surface area contributed by atoms with Crippen molar-refractivity contribution in [3.8, 4) is 5.75 Å². The van der Waals surface area contributed by atoms with Crippen LogP contribution in [0.2, 0.25) is 0 Å². The number of anilines is 1. The lowest BCUT2D eigenvalue weighted by molar-refractivity contribution is 0.211. The molecule has 0 bridgehead atoms. The van der Waals surface area contributed by atoms with Gasteiger partial charge in [-0.2, -0.15) is 0 Å². The summed E-state index contributed by atoms with van der Waals surface area (Å²) in [4.78, 5) is 0. The van der Waals surface area contributed by atoms with Crippen LogP contribution in [0.3, 0.4) is 0 Å². The first-order valence-electron chi connectivity index (χ1n) is 8.20. The van der Waals surface area contributed by atoms with Crippen molar-refractivity contribution >= 4 is 5.69 Å². The summed E-state index contributed by atoms with van der Waals surface area (Å²) in [5.74, 6) is 2.44. The monoisotopic (exact) mass is 293 g/mol. The summed E-state index contributed by atoms with van der Waals surface area (Å²) in [5, 5.41) is 3.63. The maximum absolute atomic E-state index is 13.4. The number of halogens is 1. The van der Waals surface area contributed by atoms with Gasteiger partial charge in [0.1, 0.15) is 11.6 Å². The van der Waals surface area contributed by atoms with Crippen LogP contribution < -0.4 is 10.1 Å². The molecule has 0 spiro atoms. The molecule has 3 atom stereocenters. The Morgan fingerprint density at radius 3 is 2.76 bits per heavy atom. The van der Waals surface area contributed by atoms with Gasteiger partial charge in [-0.05, 0) is 49.7 Å². The van der Waals surface area contributed by atoms with Crippen molar-refractivity contribution in [2.75, 3.05) is 11.9 Å². The fourth-order valence-electron chi connectivity index (χ4n) is 3.46. The number of benzene rings is 1. The van der Waals surface area contributed by atoms with E-state index in [1.807, 2.05) is 6.92 Å². The van der Waals surface area contributed by atoms with Crippen LogP contribution in [0, 0.1) is 23.6 Å². The standard InChI is InChI=1S/C18H28FNO/c1-5-21-18-11-14(19)7-9-16(18)20-17-10-13(4)6-8-15(17)12(2)3/h7,9,11-13,15,17,20H,5-6,8,10H2,1-4H3. The summed E-state index contributed by atoms with van der Waals surface area (Å²) >= 11 is 0. The Morgan fingerprint density at radius 1 is 1.33 bits per heavy atom. The third-order valence-electron chi connectivity index (χ3n) is 4.61. The molecule has 1 saturated carbocycles. The molecule has 1 aromatic rings. The zero-order chi connectivity index (χ0) is 15.4. The molecule has 3 unspecified atom stereocenters. The molecule has 0 heterocycles. The highest BCUT2D eigenvalue weighted by atomic mass is 19.1. The van der Waals surface area contributed by atoms with Crippen molar-refractivity contribution in [1.29, 1.82) is 0 Å². The van der Waals surface area contributed by atoms with E-state index < -0.39 is 0 Å². The maximum atomic E-state index is 13.4. The first-order valence-corrected chi connectivity index (χ1v) is 8.20. The molecule has 0 radical (unpaired) electrons. The average Bonchev–Trinajstić information content (AvgIpc) is 2.42. The van der Waals surface area contributed by atoms with Crippen molar-refractivity contribution in [3.05, 3.63) is 24.0 Å². The van der Waals surface area contributed by atoms with E-state index in [9.17, 15) is 4.39 Å². The Balaban J connectivity index is 2.18. The van der Waals surface area contributed by atoms with Crippen LogP contribution in [0.15, 0.2) is 18.2 Å². The molecule has 1 aliphatic rings. The largest absolute Gasteiger partial charge is 0.492 e. The molecule has 0 saturated heterocycles. The summed E-state index contributed by atoms with van der Waals surface area (Å²) in [5.41, 5.74) is 0.919. The zero-order valence-corrected chi connectivity index (χ0v) is 13.7. The highest BCUT2D eigenvalue weighted by Crippen LogP contribution is 2.37. The smallest absolute Gasteiger partial charge is 0.145 e. The van der Waals surface area contributed by atoms with Crippen LogP contribution in [-0.4, -0.2) is 12.6 Å². The topological polar surface area (TPSA) is 21.3 Å². The first kappa shape index (κ1) is 16.1. The molecule has 2 rings (SSSR count). The van der Waals surface area contributed by atoms with E-state index >= 15 is 0 Å². The van der Waals surface area contributed by atoms with Crippen molar-refractivity contribution in [1.82, 2.24) is 0 Å². The van der Waals surface area contributed by atoms with Gasteiger partial charge >= 0.3 is 0 Å². The molecule has 2 nitrogen and oxygen atoms in total. The fourth-order valence-corrected chi connectivity index (χ4v) is 3.46. The van der Waals surface area contributed by atoms with Crippen molar-refractivity contribution < 1.29 is 9.13 Å². The van der Waals surface area contributed by atoms with Crippen LogP contribution in [0.25, 0.3) is 0 Å². The van der Waals surface area contributed by atoms with E-state index in [4.69, 9.17) is 4.74 Å². The molecule has 21 heavy (non-hydrogen) atoms. The van der Waals surface area contributed by atoms with Gasteiger partial charge in [-0.3, -0.25) is 0 Å². The van der Waals surface area contributed by atoms with E-state index in [2.05, 4.69) is 26.1 Å². The van der Waals surface area contributed by atoms with E-state index in [0.29, 0.717) is 30.2 Å². The van der Waals surface area contributed by atoms with Gasteiger partial charge in [0.05, 0.1) is 12.3 Å². The van der Waals surface area contributed by atoms with Gasteiger partial charge < -0.3 is 10.1 Å². The summed E-state index contributed by atoms with van der Waals surface area (Å²) < 4.78 is 19.0. The minimum Gasteiger partial charge on any atom is -0.492 e. The van der Waals surface area contributed by atoms with Crippen LogP contribution >= 0.6 is 0 Å². The molecule has 0 aliphatic heterocycles. The van der Waals surface area contributed by atoms with Gasteiger partial charge in [0.15, 0.2) is 0 Å². The van der Waals surface area contributed by atoms with E-state index in [1.54, 1.807) is 6.07 Å². The Labute approximate surface area is 128 Å². The average molecular weight is 293 g/mol. The van der Waals surface area contributed by atoms with Gasteiger partial charge in [0, 0.05) is 12.1 Å². The molecular formula is C18H28FNO. The number of hydrogen-bond acceptors (Lipinski definition) is 2. The molecule has 1 fully saturated rings. The normalized spacial score (nSPS) is 25.9. The van der Waals surface area contributed by atoms with Gasteiger partial charge in [0.2, 0.25) is 0 Å². The summed E-state index contributed by atoms with van der Waals surface area (Å²) in [6.45, 7) is 9.38. The Kier molecular flexibility index (Phi) is 5.49. The minimum atomic E-state index is -0.249. The fraction of sp³-hybridized carbons (Fsp3) is 0.667. The molecule has 1 aliphatic carbocycles. The van der Waals surface area contributed by atoms with Crippen LogP contribution in [0.1, 0.15) is 47.0 Å². The highest BCUT2D eigenvalue weighted by Gasteiger charge is 2.31. The van der Waals surface area contributed by atoms with Gasteiger partial charge in [0.25, 0.3) is 0 Å². The molecule has 1 N–H and O–H groups in total. The van der Waals surface area contributed by atoms with E-state index in [1.165, 1.54) is 31.4 Å². The highest BCUT2D eigenvalue weighted by molar-refractivity contribution is 5.57. The second-order valence-electron chi connectivity index (χ2n) is 6.65. The summed E-state index contributed by atoms with van der Waals surface area (Å²) in [6.07, 6.45) is 3.75. The third kappa shape index (κ3) is 4.12. The molecule has 118 valence electrons. The second-order valence-corrected chi connectivity index (χ2v) is 6.65. The van der Waals surface area contributed by atoms with Crippen LogP contribution in [-0.2, 0) is 0 Å². The summed E-state index contributed by atoms with van der Waals surface area (Å²) in [7, 11) is 0. The number of hydrogen-bond donors (Lipinski definition) is 1. The molecule has 0 amide bonds. The molecule has 1 aromatic carbocycles. The van der Waals surface area contributed by atoms with E-state index in [0.717, 1.165) is 11.6 Å².